The predicted octanol–water partition coefficient (Wildman–Crippen LogP) is 3.46. The first-order valence-electron chi connectivity index (χ1n) is 10.7. The molecule has 0 atom stereocenters. The highest BCUT2D eigenvalue weighted by Gasteiger charge is 2.34. The van der Waals surface area contributed by atoms with Crippen molar-refractivity contribution < 1.29 is 19.1 Å². The van der Waals surface area contributed by atoms with E-state index in [-0.39, 0.29) is 11.8 Å². The van der Waals surface area contributed by atoms with Crippen molar-refractivity contribution in [3.63, 3.8) is 0 Å². The molecule has 0 unspecified atom stereocenters. The molecule has 0 aromatic heterocycles. The SMILES string of the molecule is NC(=O)c1cccc(NCCCOCCCCCCN2C(=O)c3ccccc3C2=O)c1. The zero-order valence-electron chi connectivity index (χ0n) is 17.6. The van der Waals surface area contributed by atoms with E-state index < -0.39 is 5.91 Å². The van der Waals surface area contributed by atoms with Gasteiger partial charge in [0.2, 0.25) is 5.91 Å². The van der Waals surface area contributed by atoms with Crippen molar-refractivity contribution >= 4 is 23.4 Å². The Balaban J connectivity index is 1.19. The number of nitrogens with one attached hydrogen (secondary N) is 1. The average Bonchev–Trinajstić information content (AvgIpc) is 3.02. The van der Waals surface area contributed by atoms with Gasteiger partial charge in [0.25, 0.3) is 11.8 Å². The smallest absolute Gasteiger partial charge is 0.261 e. The lowest BCUT2D eigenvalue weighted by Gasteiger charge is -2.13. The summed E-state index contributed by atoms with van der Waals surface area (Å²) in [5, 5.41) is 3.25. The Hall–Kier alpha value is -3.19. The summed E-state index contributed by atoms with van der Waals surface area (Å²) in [7, 11) is 0. The molecule has 3 rings (SSSR count). The molecule has 3 amide bonds. The maximum atomic E-state index is 12.3. The summed E-state index contributed by atoms with van der Waals surface area (Å²) >= 11 is 0. The number of imide groups is 1. The number of unbranched alkanes of at least 4 members (excludes halogenated alkanes) is 3. The van der Waals surface area contributed by atoms with Crippen LogP contribution in [0.3, 0.4) is 0 Å². The number of nitrogens with zero attached hydrogens (tertiary/aromatic N) is 1. The Bertz CT molecular complexity index is 894. The lowest BCUT2D eigenvalue weighted by Crippen LogP contribution is -2.30. The fraction of sp³-hybridized carbons (Fsp3) is 0.375. The van der Waals surface area contributed by atoms with Crippen molar-refractivity contribution in [3.05, 3.63) is 65.2 Å². The van der Waals surface area contributed by atoms with Crippen molar-refractivity contribution in [1.82, 2.24) is 4.90 Å². The number of fused-ring (bicyclic) bond motifs is 1. The second kappa shape index (κ2) is 11.3. The Morgan fingerprint density at radius 2 is 1.55 bits per heavy atom. The summed E-state index contributed by atoms with van der Waals surface area (Å²) in [5.41, 5.74) is 7.66. The number of carbonyl (C=O) groups is 3. The topological polar surface area (TPSA) is 102 Å². The Kier molecular flexibility index (Phi) is 8.18. The van der Waals surface area contributed by atoms with E-state index in [0.717, 1.165) is 44.3 Å². The second-order valence-electron chi connectivity index (χ2n) is 7.56. The Morgan fingerprint density at radius 1 is 0.871 bits per heavy atom. The molecule has 2 aromatic carbocycles. The third kappa shape index (κ3) is 6.15. The van der Waals surface area contributed by atoms with Gasteiger partial charge in [0.05, 0.1) is 11.1 Å². The molecular weight excluding hydrogens is 394 g/mol. The van der Waals surface area contributed by atoms with Gasteiger partial charge in [-0.05, 0) is 49.6 Å². The lowest BCUT2D eigenvalue weighted by molar-refractivity contribution is 0.0650. The summed E-state index contributed by atoms with van der Waals surface area (Å²) in [5.74, 6) is -0.798. The van der Waals surface area contributed by atoms with Crippen LogP contribution in [0.25, 0.3) is 0 Å². The molecule has 1 aliphatic rings. The molecule has 164 valence electrons. The number of hydrogen-bond donors (Lipinski definition) is 2. The van der Waals surface area contributed by atoms with Crippen LogP contribution < -0.4 is 11.1 Å². The van der Waals surface area contributed by atoms with E-state index in [1.54, 1.807) is 42.5 Å². The molecule has 0 fully saturated rings. The van der Waals surface area contributed by atoms with E-state index in [1.807, 2.05) is 6.07 Å². The van der Waals surface area contributed by atoms with Gasteiger partial charge in [-0.2, -0.15) is 0 Å². The van der Waals surface area contributed by atoms with Gasteiger partial charge >= 0.3 is 0 Å². The Labute approximate surface area is 182 Å². The van der Waals surface area contributed by atoms with E-state index in [0.29, 0.717) is 36.4 Å². The molecule has 31 heavy (non-hydrogen) atoms. The zero-order chi connectivity index (χ0) is 22.1. The van der Waals surface area contributed by atoms with Crippen molar-refractivity contribution in [1.29, 1.82) is 0 Å². The van der Waals surface area contributed by atoms with E-state index in [9.17, 15) is 14.4 Å². The summed E-state index contributed by atoms with van der Waals surface area (Å²) in [4.78, 5) is 37.1. The molecule has 0 bridgehead atoms. The first kappa shape index (κ1) is 22.5. The number of primary amides is 1. The maximum Gasteiger partial charge on any atom is 0.261 e. The molecule has 0 saturated carbocycles. The molecule has 7 nitrogen and oxygen atoms in total. The van der Waals surface area contributed by atoms with Gasteiger partial charge in [-0.25, -0.2) is 0 Å². The number of rotatable bonds is 13. The first-order valence-corrected chi connectivity index (χ1v) is 10.7. The van der Waals surface area contributed by atoms with Crippen LogP contribution in [0.4, 0.5) is 5.69 Å². The van der Waals surface area contributed by atoms with Crippen LogP contribution in [0.2, 0.25) is 0 Å². The number of anilines is 1. The minimum atomic E-state index is -0.435. The molecule has 7 heteroatoms. The second-order valence-corrected chi connectivity index (χ2v) is 7.56. The van der Waals surface area contributed by atoms with Crippen molar-refractivity contribution in [3.8, 4) is 0 Å². The third-order valence-electron chi connectivity index (χ3n) is 5.24. The van der Waals surface area contributed by atoms with Crippen molar-refractivity contribution in [2.75, 3.05) is 31.6 Å². The van der Waals surface area contributed by atoms with Crippen molar-refractivity contribution in [2.45, 2.75) is 32.1 Å². The van der Waals surface area contributed by atoms with E-state index in [4.69, 9.17) is 10.5 Å². The van der Waals surface area contributed by atoms with Crippen LogP contribution in [-0.2, 0) is 4.74 Å². The number of nitrogens with two attached hydrogens (primary N) is 1. The van der Waals surface area contributed by atoms with Crippen LogP contribution in [-0.4, -0.2) is 48.9 Å². The summed E-state index contributed by atoms with van der Waals surface area (Å²) in [6.45, 7) is 2.58. The lowest BCUT2D eigenvalue weighted by atomic mass is 10.1. The van der Waals surface area contributed by atoms with Crippen LogP contribution >= 0.6 is 0 Å². The normalized spacial score (nSPS) is 12.8. The highest BCUT2D eigenvalue weighted by atomic mass is 16.5. The van der Waals surface area contributed by atoms with E-state index >= 15 is 0 Å². The van der Waals surface area contributed by atoms with Crippen LogP contribution in [0, 0.1) is 0 Å². The molecule has 0 aliphatic carbocycles. The van der Waals surface area contributed by atoms with Gasteiger partial charge < -0.3 is 15.8 Å². The summed E-state index contributed by atoms with van der Waals surface area (Å²) in [6, 6.07) is 14.1. The van der Waals surface area contributed by atoms with Gasteiger partial charge in [-0.1, -0.05) is 31.0 Å². The highest BCUT2D eigenvalue weighted by Crippen LogP contribution is 2.22. The standard InChI is InChI=1S/C24H29N3O4/c25-22(28)18-9-7-10-19(17-18)26-13-8-16-31-15-6-2-1-5-14-27-23(29)20-11-3-4-12-21(20)24(27)30/h3-4,7,9-12,17,26H,1-2,5-6,8,13-16H2,(H2,25,28). The van der Waals surface area contributed by atoms with Gasteiger partial charge in [0.1, 0.15) is 0 Å². The molecule has 1 heterocycles. The van der Waals surface area contributed by atoms with Crippen LogP contribution in [0.5, 0.6) is 0 Å². The summed E-state index contributed by atoms with van der Waals surface area (Å²) in [6.07, 6.45) is 4.58. The van der Waals surface area contributed by atoms with Gasteiger partial charge in [0.15, 0.2) is 0 Å². The number of hydrogen-bond acceptors (Lipinski definition) is 5. The van der Waals surface area contributed by atoms with Crippen LogP contribution in [0.1, 0.15) is 63.2 Å². The van der Waals surface area contributed by atoms with E-state index in [2.05, 4.69) is 5.32 Å². The molecule has 2 aromatic rings. The number of benzene rings is 2. The summed E-state index contributed by atoms with van der Waals surface area (Å²) < 4.78 is 5.66. The first-order chi connectivity index (χ1) is 15.1. The highest BCUT2D eigenvalue weighted by molar-refractivity contribution is 6.21. The quantitative estimate of drug-likeness (QED) is 0.379. The van der Waals surface area contributed by atoms with Crippen molar-refractivity contribution in [2.24, 2.45) is 5.73 Å². The third-order valence-corrected chi connectivity index (χ3v) is 5.24. The number of ether oxygens (including phenoxy) is 1. The monoisotopic (exact) mass is 423 g/mol. The molecular formula is C24H29N3O4. The largest absolute Gasteiger partial charge is 0.385 e. The number of carbonyl (C=O) groups excluding carboxylic acids is 3. The fourth-order valence-electron chi connectivity index (χ4n) is 3.56. The van der Waals surface area contributed by atoms with E-state index in [1.165, 1.54) is 4.90 Å². The van der Waals surface area contributed by atoms with Gasteiger partial charge in [-0.15, -0.1) is 0 Å². The molecule has 0 spiro atoms. The molecule has 1 aliphatic heterocycles. The number of amides is 3. The van der Waals surface area contributed by atoms with Gasteiger partial charge in [0, 0.05) is 37.6 Å². The molecule has 3 N–H and O–H groups in total. The zero-order valence-corrected chi connectivity index (χ0v) is 17.6. The molecule has 0 radical (unpaired) electrons. The minimum absolute atomic E-state index is 0.182. The van der Waals surface area contributed by atoms with Crippen LogP contribution in [0.15, 0.2) is 48.5 Å². The minimum Gasteiger partial charge on any atom is -0.385 e. The average molecular weight is 424 g/mol. The maximum absolute atomic E-state index is 12.3. The Morgan fingerprint density at radius 3 is 2.26 bits per heavy atom. The molecule has 0 saturated heterocycles. The van der Waals surface area contributed by atoms with Gasteiger partial charge in [-0.3, -0.25) is 19.3 Å². The predicted molar refractivity (Wildman–Crippen MR) is 119 cm³/mol. The fourth-order valence-corrected chi connectivity index (χ4v) is 3.56.